The van der Waals surface area contributed by atoms with Gasteiger partial charge in [-0.05, 0) is 25.8 Å². The fourth-order valence-electron chi connectivity index (χ4n) is 1.84. The summed E-state index contributed by atoms with van der Waals surface area (Å²) in [6.07, 6.45) is 0.910. The Kier molecular flexibility index (Phi) is 7.32. The standard InChI is InChI=1S/C15H19N3OS.ClH/c1-11-14(12(2)19-18-11)10-20-15(16)17-9-8-13-6-4-3-5-7-13;/h3-7H,8-10H2,1-2H3,(H2,16,17);1H. The van der Waals surface area contributed by atoms with Crippen LogP contribution < -0.4 is 5.73 Å². The number of amidine groups is 1. The first kappa shape index (κ1) is 17.6. The summed E-state index contributed by atoms with van der Waals surface area (Å²) in [5.74, 6) is 1.61. The van der Waals surface area contributed by atoms with Gasteiger partial charge in [0.2, 0.25) is 0 Å². The molecule has 0 unspecified atom stereocenters. The lowest BCUT2D eigenvalue weighted by molar-refractivity contribution is 0.392. The van der Waals surface area contributed by atoms with Gasteiger partial charge in [0.1, 0.15) is 5.76 Å². The molecule has 2 rings (SSSR count). The molecular formula is C15H20ClN3OS. The number of halogens is 1. The molecule has 1 heterocycles. The molecular weight excluding hydrogens is 306 g/mol. The molecule has 0 atom stereocenters. The molecule has 0 aliphatic heterocycles. The first-order chi connectivity index (χ1) is 9.66. The average Bonchev–Trinajstić information content (AvgIpc) is 2.77. The second kappa shape index (κ2) is 8.74. The zero-order valence-electron chi connectivity index (χ0n) is 12.2. The Hall–Kier alpha value is -1.46. The molecule has 1 aromatic heterocycles. The van der Waals surface area contributed by atoms with E-state index in [0.717, 1.165) is 29.2 Å². The largest absolute Gasteiger partial charge is 0.379 e. The molecule has 1 aromatic carbocycles. The van der Waals surface area contributed by atoms with Crippen molar-refractivity contribution in [1.82, 2.24) is 5.16 Å². The maximum atomic E-state index is 5.92. The maximum absolute atomic E-state index is 5.92. The Labute approximate surface area is 135 Å². The van der Waals surface area contributed by atoms with Crippen LogP contribution in [0.15, 0.2) is 39.8 Å². The fourth-order valence-corrected chi connectivity index (χ4v) is 2.73. The van der Waals surface area contributed by atoms with E-state index in [-0.39, 0.29) is 12.4 Å². The van der Waals surface area contributed by atoms with Gasteiger partial charge in [0.15, 0.2) is 5.17 Å². The van der Waals surface area contributed by atoms with Crippen LogP contribution in [-0.4, -0.2) is 16.9 Å². The highest BCUT2D eigenvalue weighted by Gasteiger charge is 2.09. The van der Waals surface area contributed by atoms with Gasteiger partial charge >= 0.3 is 0 Å². The number of nitrogens with zero attached hydrogens (tertiary/aromatic N) is 2. The van der Waals surface area contributed by atoms with Crippen molar-refractivity contribution in [1.29, 1.82) is 0 Å². The van der Waals surface area contributed by atoms with E-state index in [0.29, 0.717) is 11.7 Å². The summed E-state index contributed by atoms with van der Waals surface area (Å²) in [4.78, 5) is 4.38. The summed E-state index contributed by atoms with van der Waals surface area (Å²) in [6.45, 7) is 4.57. The van der Waals surface area contributed by atoms with Gasteiger partial charge in [0.05, 0.1) is 5.69 Å². The molecule has 0 spiro atoms. The molecule has 0 fully saturated rings. The zero-order chi connectivity index (χ0) is 14.4. The minimum atomic E-state index is 0. The SMILES string of the molecule is Cc1noc(C)c1CSC(N)=NCCc1ccccc1.Cl. The second-order valence-electron chi connectivity index (χ2n) is 4.55. The lowest BCUT2D eigenvalue weighted by atomic mass is 10.2. The zero-order valence-corrected chi connectivity index (χ0v) is 13.8. The molecule has 4 nitrogen and oxygen atoms in total. The van der Waals surface area contributed by atoms with Crippen LogP contribution in [0.4, 0.5) is 0 Å². The molecule has 0 radical (unpaired) electrons. The number of aromatic nitrogens is 1. The molecule has 0 amide bonds. The van der Waals surface area contributed by atoms with E-state index in [2.05, 4.69) is 22.3 Å². The molecule has 0 saturated heterocycles. The van der Waals surface area contributed by atoms with Crippen molar-refractivity contribution in [2.45, 2.75) is 26.0 Å². The summed E-state index contributed by atoms with van der Waals surface area (Å²) in [5.41, 5.74) is 9.22. The van der Waals surface area contributed by atoms with E-state index in [4.69, 9.17) is 10.3 Å². The van der Waals surface area contributed by atoms with Crippen LogP contribution >= 0.6 is 24.2 Å². The van der Waals surface area contributed by atoms with Crippen molar-refractivity contribution in [2.24, 2.45) is 10.7 Å². The smallest absolute Gasteiger partial charge is 0.154 e. The van der Waals surface area contributed by atoms with Gasteiger partial charge in [-0.3, -0.25) is 4.99 Å². The molecule has 114 valence electrons. The number of aliphatic imine (C=N–C) groups is 1. The van der Waals surface area contributed by atoms with Gasteiger partial charge in [-0.2, -0.15) is 0 Å². The molecule has 0 aliphatic carbocycles. The first-order valence-corrected chi connectivity index (χ1v) is 7.54. The van der Waals surface area contributed by atoms with Crippen LogP contribution in [-0.2, 0) is 12.2 Å². The molecule has 21 heavy (non-hydrogen) atoms. The Morgan fingerprint density at radius 1 is 1.29 bits per heavy atom. The number of aryl methyl sites for hydroxylation is 2. The predicted molar refractivity (Wildman–Crippen MR) is 91.2 cm³/mol. The van der Waals surface area contributed by atoms with Crippen molar-refractivity contribution >= 4 is 29.3 Å². The Bertz CT molecular complexity index is 564. The van der Waals surface area contributed by atoms with Crippen molar-refractivity contribution in [3.8, 4) is 0 Å². The number of rotatable bonds is 5. The van der Waals surface area contributed by atoms with Crippen LogP contribution in [0, 0.1) is 13.8 Å². The molecule has 2 aromatic rings. The normalized spacial score (nSPS) is 11.2. The lowest BCUT2D eigenvalue weighted by Gasteiger charge is -2.01. The number of hydrogen-bond donors (Lipinski definition) is 1. The average molecular weight is 326 g/mol. The summed E-state index contributed by atoms with van der Waals surface area (Å²) in [6, 6.07) is 10.3. The first-order valence-electron chi connectivity index (χ1n) is 6.55. The number of thioether (sulfide) groups is 1. The summed E-state index contributed by atoms with van der Waals surface area (Å²) in [7, 11) is 0. The van der Waals surface area contributed by atoms with Gasteiger partial charge in [0, 0.05) is 17.9 Å². The van der Waals surface area contributed by atoms with E-state index in [9.17, 15) is 0 Å². The third-order valence-electron chi connectivity index (χ3n) is 3.06. The monoisotopic (exact) mass is 325 g/mol. The number of benzene rings is 1. The molecule has 2 N–H and O–H groups in total. The molecule has 6 heteroatoms. The number of hydrogen-bond acceptors (Lipinski definition) is 4. The van der Waals surface area contributed by atoms with Crippen LogP contribution in [0.1, 0.15) is 22.6 Å². The topological polar surface area (TPSA) is 64.4 Å². The molecule has 0 saturated carbocycles. The third-order valence-corrected chi connectivity index (χ3v) is 3.91. The molecule has 0 aliphatic rings. The minimum absolute atomic E-state index is 0. The van der Waals surface area contributed by atoms with Crippen LogP contribution in [0.3, 0.4) is 0 Å². The molecule has 0 bridgehead atoms. The van der Waals surface area contributed by atoms with Gasteiger partial charge in [0.25, 0.3) is 0 Å². The minimum Gasteiger partial charge on any atom is -0.379 e. The predicted octanol–water partition coefficient (Wildman–Crippen LogP) is 3.50. The highest BCUT2D eigenvalue weighted by atomic mass is 35.5. The van der Waals surface area contributed by atoms with E-state index in [1.54, 1.807) is 0 Å². The van der Waals surface area contributed by atoms with E-state index < -0.39 is 0 Å². The lowest BCUT2D eigenvalue weighted by Crippen LogP contribution is -2.08. The maximum Gasteiger partial charge on any atom is 0.154 e. The van der Waals surface area contributed by atoms with Crippen molar-refractivity contribution < 1.29 is 4.52 Å². The summed E-state index contributed by atoms with van der Waals surface area (Å²) in [5, 5.41) is 4.54. The van der Waals surface area contributed by atoms with Gasteiger partial charge in [-0.15, -0.1) is 12.4 Å². The summed E-state index contributed by atoms with van der Waals surface area (Å²) < 4.78 is 5.12. The van der Waals surface area contributed by atoms with Crippen LogP contribution in [0.5, 0.6) is 0 Å². The quantitative estimate of drug-likeness (QED) is 0.675. The highest BCUT2D eigenvalue weighted by molar-refractivity contribution is 8.13. The van der Waals surface area contributed by atoms with Crippen LogP contribution in [0.25, 0.3) is 0 Å². The Balaban J connectivity index is 0.00000220. The Morgan fingerprint density at radius 2 is 2.00 bits per heavy atom. The second-order valence-corrected chi connectivity index (χ2v) is 5.54. The van der Waals surface area contributed by atoms with E-state index in [1.165, 1.54) is 17.3 Å². The van der Waals surface area contributed by atoms with Crippen molar-refractivity contribution in [3.05, 3.63) is 52.9 Å². The fraction of sp³-hybridized carbons (Fsp3) is 0.333. The van der Waals surface area contributed by atoms with Gasteiger partial charge in [-0.25, -0.2) is 0 Å². The Morgan fingerprint density at radius 3 is 2.62 bits per heavy atom. The van der Waals surface area contributed by atoms with E-state index in [1.807, 2.05) is 32.0 Å². The van der Waals surface area contributed by atoms with Gasteiger partial charge < -0.3 is 10.3 Å². The number of nitrogens with two attached hydrogens (primary N) is 1. The highest BCUT2D eigenvalue weighted by Crippen LogP contribution is 2.19. The van der Waals surface area contributed by atoms with Crippen molar-refractivity contribution in [2.75, 3.05) is 6.54 Å². The van der Waals surface area contributed by atoms with E-state index >= 15 is 0 Å². The van der Waals surface area contributed by atoms with Gasteiger partial charge in [-0.1, -0.05) is 47.3 Å². The van der Waals surface area contributed by atoms with Crippen LogP contribution in [0.2, 0.25) is 0 Å². The van der Waals surface area contributed by atoms with Crippen molar-refractivity contribution in [3.63, 3.8) is 0 Å². The third kappa shape index (κ3) is 5.44. The summed E-state index contributed by atoms with van der Waals surface area (Å²) >= 11 is 1.53.